The van der Waals surface area contributed by atoms with Gasteiger partial charge in [0.2, 0.25) is 5.91 Å². The third-order valence-electron chi connectivity index (χ3n) is 3.88. The zero-order chi connectivity index (χ0) is 17.8. The number of amides is 1. The molecule has 0 bridgehead atoms. The van der Waals surface area contributed by atoms with Crippen molar-refractivity contribution in [1.29, 1.82) is 0 Å². The van der Waals surface area contributed by atoms with E-state index in [0.29, 0.717) is 34.9 Å². The summed E-state index contributed by atoms with van der Waals surface area (Å²) < 4.78 is 0. The van der Waals surface area contributed by atoms with E-state index in [1.165, 1.54) is 17.8 Å². The van der Waals surface area contributed by atoms with E-state index in [1.54, 1.807) is 0 Å². The van der Waals surface area contributed by atoms with Crippen molar-refractivity contribution < 1.29 is 4.79 Å². The summed E-state index contributed by atoms with van der Waals surface area (Å²) in [5.41, 5.74) is 12.4. The number of hydrogen-bond acceptors (Lipinski definition) is 7. The lowest BCUT2D eigenvalue weighted by atomic mass is 10.2. The molecular formula is C16H19ClN6OS. The quantitative estimate of drug-likeness (QED) is 0.617. The first kappa shape index (κ1) is 17.6. The predicted molar refractivity (Wildman–Crippen MR) is 102 cm³/mol. The highest BCUT2D eigenvalue weighted by molar-refractivity contribution is 7.99. The molecule has 7 nitrogen and oxygen atoms in total. The lowest BCUT2D eigenvalue weighted by Gasteiger charge is -2.36. The summed E-state index contributed by atoms with van der Waals surface area (Å²) in [5, 5.41) is 1.14. The molecule has 0 saturated carbocycles. The fraction of sp³-hybridized carbons (Fsp3) is 0.312. The maximum absolute atomic E-state index is 12.4. The fourth-order valence-corrected chi connectivity index (χ4v) is 3.59. The van der Waals surface area contributed by atoms with E-state index in [0.717, 1.165) is 18.8 Å². The van der Waals surface area contributed by atoms with E-state index in [9.17, 15) is 4.79 Å². The average molecular weight is 379 g/mol. The van der Waals surface area contributed by atoms with Crippen molar-refractivity contribution in [2.75, 3.05) is 48.3 Å². The number of nitrogens with zero attached hydrogens (tertiary/aromatic N) is 4. The molecule has 2 aromatic rings. The van der Waals surface area contributed by atoms with E-state index in [1.807, 2.05) is 29.2 Å². The first-order valence-corrected chi connectivity index (χ1v) is 9.19. The van der Waals surface area contributed by atoms with Gasteiger partial charge in [0.1, 0.15) is 11.6 Å². The monoisotopic (exact) mass is 378 g/mol. The van der Waals surface area contributed by atoms with Gasteiger partial charge in [-0.2, -0.15) is 0 Å². The maximum atomic E-state index is 12.4. The Morgan fingerprint density at radius 1 is 1.12 bits per heavy atom. The highest BCUT2D eigenvalue weighted by Gasteiger charge is 2.21. The van der Waals surface area contributed by atoms with E-state index < -0.39 is 0 Å². The number of aromatic nitrogens is 2. The molecule has 0 aliphatic carbocycles. The Bertz CT molecular complexity index is 746. The topological polar surface area (TPSA) is 101 Å². The summed E-state index contributed by atoms with van der Waals surface area (Å²) in [6.07, 6.45) is 0. The number of piperazine rings is 1. The summed E-state index contributed by atoms with van der Waals surface area (Å²) in [5.74, 6) is 0.926. The standard InChI is InChI=1S/C16H19ClN6OS/c17-11-2-1-3-12(8-11)22-4-6-23(7-5-22)15(24)10-25-16-20-13(18)9-14(19)21-16/h1-3,8-9H,4-7,10H2,(H4,18,19,20,21). The molecule has 0 atom stereocenters. The average Bonchev–Trinajstić information content (AvgIpc) is 2.59. The smallest absolute Gasteiger partial charge is 0.233 e. The molecule has 1 amide bonds. The number of rotatable bonds is 4. The number of anilines is 3. The SMILES string of the molecule is Nc1cc(N)nc(SCC(=O)N2CCN(c3cccc(Cl)c3)CC2)n1. The van der Waals surface area contributed by atoms with Crippen LogP contribution in [0.25, 0.3) is 0 Å². The van der Waals surface area contributed by atoms with Crippen molar-refractivity contribution in [3.63, 3.8) is 0 Å². The van der Waals surface area contributed by atoms with Crippen molar-refractivity contribution >= 4 is 46.6 Å². The number of nitrogen functional groups attached to an aromatic ring is 2. The normalized spacial score (nSPS) is 14.6. The molecule has 9 heteroatoms. The molecular weight excluding hydrogens is 360 g/mol. The zero-order valence-corrected chi connectivity index (χ0v) is 15.1. The predicted octanol–water partition coefficient (Wildman–Crippen LogP) is 1.74. The van der Waals surface area contributed by atoms with E-state index in [4.69, 9.17) is 23.1 Å². The molecule has 1 aliphatic heterocycles. The number of hydrogen-bond donors (Lipinski definition) is 2. The Balaban J connectivity index is 1.51. The minimum Gasteiger partial charge on any atom is -0.383 e. The van der Waals surface area contributed by atoms with Crippen LogP contribution in [0.2, 0.25) is 5.02 Å². The molecule has 1 fully saturated rings. The van der Waals surface area contributed by atoms with Gasteiger partial charge >= 0.3 is 0 Å². The van der Waals surface area contributed by atoms with Crippen LogP contribution in [-0.4, -0.2) is 52.7 Å². The van der Waals surface area contributed by atoms with Gasteiger partial charge in [-0.25, -0.2) is 9.97 Å². The number of thioether (sulfide) groups is 1. The second kappa shape index (κ2) is 7.79. The fourth-order valence-electron chi connectivity index (χ4n) is 2.63. The molecule has 132 valence electrons. The summed E-state index contributed by atoms with van der Waals surface area (Å²) in [6, 6.07) is 9.24. The van der Waals surface area contributed by atoms with E-state index >= 15 is 0 Å². The number of benzene rings is 1. The van der Waals surface area contributed by atoms with Gasteiger partial charge in [-0.1, -0.05) is 29.4 Å². The van der Waals surface area contributed by atoms with Crippen LogP contribution < -0.4 is 16.4 Å². The molecule has 3 rings (SSSR count). The number of halogens is 1. The van der Waals surface area contributed by atoms with Gasteiger partial charge in [-0.3, -0.25) is 4.79 Å². The molecule has 0 spiro atoms. The van der Waals surface area contributed by atoms with Crippen LogP contribution in [-0.2, 0) is 4.79 Å². The Hall–Kier alpha value is -2.19. The number of carbonyl (C=O) groups is 1. The van der Waals surface area contributed by atoms with Crippen LogP contribution in [0.15, 0.2) is 35.5 Å². The van der Waals surface area contributed by atoms with Crippen LogP contribution in [0.5, 0.6) is 0 Å². The summed E-state index contributed by atoms with van der Waals surface area (Å²) in [4.78, 5) is 24.6. The third kappa shape index (κ3) is 4.67. The van der Waals surface area contributed by atoms with Crippen LogP contribution in [0.1, 0.15) is 0 Å². The molecule has 0 radical (unpaired) electrons. The van der Waals surface area contributed by atoms with Crippen LogP contribution in [0.3, 0.4) is 0 Å². The maximum Gasteiger partial charge on any atom is 0.233 e. The van der Waals surface area contributed by atoms with E-state index in [-0.39, 0.29) is 11.7 Å². The third-order valence-corrected chi connectivity index (χ3v) is 4.94. The van der Waals surface area contributed by atoms with Gasteiger partial charge in [-0.05, 0) is 18.2 Å². The van der Waals surface area contributed by atoms with Crippen molar-refractivity contribution in [2.45, 2.75) is 5.16 Å². The largest absolute Gasteiger partial charge is 0.383 e. The Morgan fingerprint density at radius 2 is 1.80 bits per heavy atom. The van der Waals surface area contributed by atoms with Crippen LogP contribution >= 0.6 is 23.4 Å². The number of nitrogens with two attached hydrogens (primary N) is 2. The van der Waals surface area contributed by atoms with Crippen LogP contribution in [0, 0.1) is 0 Å². The lowest BCUT2D eigenvalue weighted by Crippen LogP contribution is -2.49. The number of carbonyl (C=O) groups excluding carboxylic acids is 1. The molecule has 0 unspecified atom stereocenters. The van der Waals surface area contributed by atoms with Crippen molar-refractivity contribution in [1.82, 2.24) is 14.9 Å². The van der Waals surface area contributed by atoms with E-state index in [2.05, 4.69) is 14.9 Å². The summed E-state index contributed by atoms with van der Waals surface area (Å²) in [7, 11) is 0. The molecule has 1 aromatic heterocycles. The minimum atomic E-state index is 0.0559. The van der Waals surface area contributed by atoms with Gasteiger partial charge < -0.3 is 21.3 Å². The van der Waals surface area contributed by atoms with Crippen LogP contribution in [0.4, 0.5) is 17.3 Å². The first-order valence-electron chi connectivity index (χ1n) is 7.82. The second-order valence-electron chi connectivity index (χ2n) is 5.64. The summed E-state index contributed by atoms with van der Waals surface area (Å²) >= 11 is 7.29. The van der Waals surface area contributed by atoms with Gasteiger partial charge in [0, 0.05) is 43.0 Å². The van der Waals surface area contributed by atoms with Crippen molar-refractivity contribution in [3.8, 4) is 0 Å². The van der Waals surface area contributed by atoms with Crippen molar-refractivity contribution in [3.05, 3.63) is 35.4 Å². The zero-order valence-electron chi connectivity index (χ0n) is 13.6. The van der Waals surface area contributed by atoms with Crippen molar-refractivity contribution in [2.24, 2.45) is 0 Å². The van der Waals surface area contributed by atoms with Gasteiger partial charge in [0.15, 0.2) is 5.16 Å². The molecule has 25 heavy (non-hydrogen) atoms. The molecule has 1 aromatic carbocycles. The minimum absolute atomic E-state index is 0.0559. The molecule has 2 heterocycles. The Kier molecular flexibility index (Phi) is 5.50. The van der Waals surface area contributed by atoms with Gasteiger partial charge in [0.05, 0.1) is 5.75 Å². The molecule has 1 saturated heterocycles. The van der Waals surface area contributed by atoms with Gasteiger partial charge in [0.25, 0.3) is 0 Å². The Morgan fingerprint density at radius 3 is 2.44 bits per heavy atom. The second-order valence-corrected chi connectivity index (χ2v) is 7.02. The lowest BCUT2D eigenvalue weighted by molar-refractivity contribution is -0.128. The highest BCUT2D eigenvalue weighted by Crippen LogP contribution is 2.21. The summed E-state index contributed by atoms with van der Waals surface area (Å²) in [6.45, 7) is 2.90. The van der Waals surface area contributed by atoms with Gasteiger partial charge in [-0.15, -0.1) is 0 Å². The Labute approximate surface area is 155 Å². The molecule has 4 N–H and O–H groups in total. The molecule has 1 aliphatic rings. The first-order chi connectivity index (χ1) is 12.0. The highest BCUT2D eigenvalue weighted by atomic mass is 35.5.